The zero-order valence-corrected chi connectivity index (χ0v) is 21.4. The first kappa shape index (κ1) is 24.0. The first-order chi connectivity index (χ1) is 17.6. The summed E-state index contributed by atoms with van der Waals surface area (Å²) in [7, 11) is 0. The molecule has 0 saturated heterocycles. The molecule has 0 saturated carbocycles. The van der Waals surface area contributed by atoms with E-state index in [2.05, 4.69) is 5.32 Å². The molecule has 0 radical (unpaired) electrons. The molecule has 0 spiro atoms. The highest BCUT2D eigenvalue weighted by Gasteiger charge is 2.19. The largest absolute Gasteiger partial charge is 0.355 e. The number of benzene rings is 3. The van der Waals surface area contributed by atoms with Gasteiger partial charge in [0.25, 0.3) is 5.56 Å². The first-order valence-corrected chi connectivity index (χ1v) is 13.6. The fourth-order valence-corrected chi connectivity index (χ4v) is 5.82. The Morgan fingerprint density at radius 2 is 1.67 bits per heavy atom. The number of rotatable bonds is 8. The lowest BCUT2D eigenvalue weighted by molar-refractivity contribution is -0.118. The highest BCUT2D eigenvalue weighted by atomic mass is 32.2. The van der Waals surface area contributed by atoms with Gasteiger partial charge >= 0.3 is 0 Å². The molecule has 7 heteroatoms. The molecule has 5 rings (SSSR count). The monoisotopic (exact) mass is 511 g/mol. The lowest BCUT2D eigenvalue weighted by atomic mass is 10.1. The van der Waals surface area contributed by atoms with Gasteiger partial charge in [0, 0.05) is 17.5 Å². The molecule has 3 aromatic carbocycles. The molecule has 0 bridgehead atoms. The number of hydrogen-bond acceptors (Lipinski definition) is 5. The molecule has 0 aliphatic carbocycles. The van der Waals surface area contributed by atoms with Crippen molar-refractivity contribution >= 4 is 39.2 Å². The number of aromatic nitrogens is 2. The Morgan fingerprint density at radius 1 is 0.972 bits per heavy atom. The van der Waals surface area contributed by atoms with Crippen LogP contribution in [-0.2, 0) is 11.2 Å². The Labute approximate surface area is 217 Å². The second-order valence-electron chi connectivity index (χ2n) is 8.44. The molecular weight excluding hydrogens is 486 g/mol. The number of para-hydroxylation sites is 1. The summed E-state index contributed by atoms with van der Waals surface area (Å²) in [6, 6.07) is 27.7. The van der Waals surface area contributed by atoms with Gasteiger partial charge in [0.05, 0.1) is 16.8 Å². The number of carbonyl (C=O) groups is 1. The van der Waals surface area contributed by atoms with E-state index in [9.17, 15) is 9.59 Å². The Bertz CT molecular complexity index is 1540. The lowest BCUT2D eigenvalue weighted by Crippen LogP contribution is -2.28. The van der Waals surface area contributed by atoms with Crippen molar-refractivity contribution in [1.29, 1.82) is 0 Å². The van der Waals surface area contributed by atoms with Gasteiger partial charge in [-0.15, -0.1) is 11.3 Å². The van der Waals surface area contributed by atoms with E-state index >= 15 is 0 Å². The Morgan fingerprint density at radius 3 is 2.39 bits per heavy atom. The van der Waals surface area contributed by atoms with Gasteiger partial charge in [-0.1, -0.05) is 90.1 Å². The minimum absolute atomic E-state index is 0.0867. The van der Waals surface area contributed by atoms with Crippen molar-refractivity contribution in [3.8, 4) is 16.8 Å². The fraction of sp³-hybridized carbons (Fsp3) is 0.138. The van der Waals surface area contributed by atoms with Crippen molar-refractivity contribution < 1.29 is 4.79 Å². The van der Waals surface area contributed by atoms with E-state index in [1.165, 1.54) is 34.2 Å². The minimum atomic E-state index is -0.130. The molecule has 5 aromatic rings. The van der Waals surface area contributed by atoms with Crippen LogP contribution < -0.4 is 10.9 Å². The van der Waals surface area contributed by atoms with Gasteiger partial charge in [-0.05, 0) is 36.6 Å². The van der Waals surface area contributed by atoms with Crippen LogP contribution >= 0.6 is 23.1 Å². The van der Waals surface area contributed by atoms with Gasteiger partial charge in [-0.3, -0.25) is 14.2 Å². The van der Waals surface area contributed by atoms with E-state index in [0.717, 1.165) is 23.2 Å². The normalized spacial score (nSPS) is 11.0. The molecule has 2 heterocycles. The number of thiophene rings is 1. The fourth-order valence-electron chi connectivity index (χ4n) is 3.99. The summed E-state index contributed by atoms with van der Waals surface area (Å²) < 4.78 is 1.62. The van der Waals surface area contributed by atoms with Gasteiger partial charge in [-0.25, -0.2) is 4.98 Å². The summed E-state index contributed by atoms with van der Waals surface area (Å²) in [5, 5.41) is 6.07. The Hall–Kier alpha value is -3.68. The summed E-state index contributed by atoms with van der Waals surface area (Å²) >= 11 is 2.73. The average Bonchev–Trinajstić information content (AvgIpc) is 3.33. The molecule has 2 aromatic heterocycles. The van der Waals surface area contributed by atoms with Crippen LogP contribution in [0.15, 0.2) is 100 Å². The average molecular weight is 512 g/mol. The third-order valence-corrected chi connectivity index (χ3v) is 7.68. The van der Waals surface area contributed by atoms with Crippen LogP contribution in [0.4, 0.5) is 0 Å². The summed E-state index contributed by atoms with van der Waals surface area (Å²) in [5.74, 6) is 0.0897. The van der Waals surface area contributed by atoms with Crippen molar-refractivity contribution in [2.24, 2.45) is 0 Å². The number of aryl methyl sites for hydroxylation is 1. The summed E-state index contributed by atoms with van der Waals surface area (Å²) in [4.78, 5) is 32.0. The second kappa shape index (κ2) is 10.9. The lowest BCUT2D eigenvalue weighted by Gasteiger charge is -2.13. The molecule has 0 aliphatic rings. The smallest absolute Gasteiger partial charge is 0.268 e. The maximum Gasteiger partial charge on any atom is 0.268 e. The van der Waals surface area contributed by atoms with Crippen LogP contribution in [0.5, 0.6) is 0 Å². The molecule has 0 atom stereocenters. The standard InChI is InChI=1S/C29H25N3O2S2/c1-20-12-14-22(15-13-20)24-18-35-27-26(24)28(34)32(23-10-6-3-7-11-23)29(31-27)36-19-25(33)30-17-16-21-8-4-2-5-9-21/h2-15,18H,16-17,19H2,1H3,(H,30,33). The first-order valence-electron chi connectivity index (χ1n) is 11.7. The molecule has 180 valence electrons. The van der Waals surface area contributed by atoms with E-state index < -0.39 is 0 Å². The van der Waals surface area contributed by atoms with Crippen LogP contribution in [0.1, 0.15) is 11.1 Å². The van der Waals surface area contributed by atoms with E-state index in [1.807, 2.05) is 97.2 Å². The predicted molar refractivity (Wildman–Crippen MR) is 149 cm³/mol. The number of fused-ring (bicyclic) bond motifs is 1. The Kier molecular flexibility index (Phi) is 7.30. The molecule has 1 amide bonds. The third kappa shape index (κ3) is 5.27. The van der Waals surface area contributed by atoms with Crippen LogP contribution in [0, 0.1) is 6.92 Å². The van der Waals surface area contributed by atoms with Crippen molar-refractivity contribution in [2.75, 3.05) is 12.3 Å². The number of thioether (sulfide) groups is 1. The molecule has 5 nitrogen and oxygen atoms in total. The summed E-state index contributed by atoms with van der Waals surface area (Å²) in [6.07, 6.45) is 0.771. The molecule has 1 N–H and O–H groups in total. The highest BCUT2D eigenvalue weighted by Crippen LogP contribution is 2.33. The highest BCUT2D eigenvalue weighted by molar-refractivity contribution is 7.99. The van der Waals surface area contributed by atoms with Crippen LogP contribution in [0.25, 0.3) is 27.0 Å². The zero-order chi connectivity index (χ0) is 24.9. The Balaban J connectivity index is 1.43. The topological polar surface area (TPSA) is 64.0 Å². The van der Waals surface area contributed by atoms with Gasteiger partial charge in [0.2, 0.25) is 5.91 Å². The maximum absolute atomic E-state index is 13.9. The summed E-state index contributed by atoms with van der Waals surface area (Å²) in [5.41, 5.74) is 4.81. The third-order valence-electron chi connectivity index (χ3n) is 5.87. The van der Waals surface area contributed by atoms with Gasteiger partial charge in [0.15, 0.2) is 5.16 Å². The number of hydrogen-bond donors (Lipinski definition) is 1. The van der Waals surface area contributed by atoms with Gasteiger partial charge in [0.1, 0.15) is 4.83 Å². The summed E-state index contributed by atoms with van der Waals surface area (Å²) in [6.45, 7) is 2.60. The number of nitrogens with zero attached hydrogens (tertiary/aromatic N) is 2. The molecule has 0 aliphatic heterocycles. The van der Waals surface area contributed by atoms with E-state index in [1.54, 1.807) is 4.57 Å². The maximum atomic E-state index is 13.9. The second-order valence-corrected chi connectivity index (χ2v) is 10.2. The molecule has 0 unspecified atom stereocenters. The quantitative estimate of drug-likeness (QED) is 0.209. The SMILES string of the molecule is Cc1ccc(-c2csc3nc(SCC(=O)NCCc4ccccc4)n(-c4ccccc4)c(=O)c23)cc1. The minimum Gasteiger partial charge on any atom is -0.355 e. The van der Waals surface area contributed by atoms with Crippen molar-refractivity contribution in [2.45, 2.75) is 18.5 Å². The zero-order valence-electron chi connectivity index (χ0n) is 19.8. The predicted octanol–water partition coefficient (Wildman–Crippen LogP) is 5.87. The number of nitrogens with one attached hydrogen (secondary N) is 1. The van der Waals surface area contributed by atoms with E-state index in [4.69, 9.17) is 4.98 Å². The molecule has 36 heavy (non-hydrogen) atoms. The van der Waals surface area contributed by atoms with E-state index in [-0.39, 0.29) is 17.2 Å². The number of amides is 1. The van der Waals surface area contributed by atoms with Crippen molar-refractivity contribution in [3.05, 3.63) is 112 Å². The number of carbonyl (C=O) groups excluding carboxylic acids is 1. The van der Waals surface area contributed by atoms with Gasteiger partial charge in [-0.2, -0.15) is 0 Å². The van der Waals surface area contributed by atoms with Crippen LogP contribution in [0.3, 0.4) is 0 Å². The molecule has 0 fully saturated rings. The van der Waals surface area contributed by atoms with E-state index in [0.29, 0.717) is 21.9 Å². The van der Waals surface area contributed by atoms with Crippen LogP contribution in [-0.4, -0.2) is 27.8 Å². The van der Waals surface area contributed by atoms with Gasteiger partial charge < -0.3 is 5.32 Å². The molecular formula is C29H25N3O2S2. The van der Waals surface area contributed by atoms with Crippen molar-refractivity contribution in [1.82, 2.24) is 14.9 Å². The van der Waals surface area contributed by atoms with Crippen LogP contribution in [0.2, 0.25) is 0 Å². The van der Waals surface area contributed by atoms with Crippen molar-refractivity contribution in [3.63, 3.8) is 0 Å².